The third-order valence-electron chi connectivity index (χ3n) is 4.40. The molecule has 0 aliphatic carbocycles. The summed E-state index contributed by atoms with van der Waals surface area (Å²) in [6.45, 7) is 0.190. The van der Waals surface area contributed by atoms with Crippen molar-refractivity contribution in [3.8, 4) is 23.0 Å². The first-order valence-electron chi connectivity index (χ1n) is 9.28. The van der Waals surface area contributed by atoms with Gasteiger partial charge in [0.25, 0.3) is 5.91 Å². The average molecular weight is 425 g/mol. The number of hydrogen-bond donors (Lipinski definition) is 1. The molecule has 1 amide bonds. The van der Waals surface area contributed by atoms with Gasteiger partial charge in [-0.2, -0.15) is 4.52 Å². The molecule has 0 unspecified atom stereocenters. The van der Waals surface area contributed by atoms with E-state index in [-0.39, 0.29) is 18.7 Å². The zero-order valence-corrected chi connectivity index (χ0v) is 16.4. The summed E-state index contributed by atoms with van der Waals surface area (Å²) in [7, 11) is 1.59. The highest BCUT2D eigenvalue weighted by Crippen LogP contribution is 2.21. The van der Waals surface area contributed by atoms with Crippen molar-refractivity contribution in [3.63, 3.8) is 0 Å². The van der Waals surface area contributed by atoms with E-state index in [0.29, 0.717) is 23.4 Å². The van der Waals surface area contributed by atoms with Gasteiger partial charge in [0.1, 0.15) is 24.0 Å². The summed E-state index contributed by atoms with van der Waals surface area (Å²) < 4.78 is 38.9. The Morgan fingerprint density at radius 3 is 2.61 bits per heavy atom. The largest absolute Gasteiger partial charge is 0.497 e. The van der Waals surface area contributed by atoms with Crippen LogP contribution in [0.5, 0.6) is 11.6 Å². The fourth-order valence-electron chi connectivity index (χ4n) is 2.86. The fourth-order valence-corrected chi connectivity index (χ4v) is 2.86. The van der Waals surface area contributed by atoms with Crippen molar-refractivity contribution in [2.75, 3.05) is 20.3 Å². The molecule has 158 valence electrons. The van der Waals surface area contributed by atoms with Crippen LogP contribution in [0.3, 0.4) is 0 Å². The number of rotatable bonds is 7. The standard InChI is InChI=1S/C21H17F2N5O3/c1-30-15-5-2-13(3-6-15)20-26-25-18-8-9-19(27-28(18)20)31-11-10-24-21(29)16-7-4-14(22)12-17(16)23/h2-9,12H,10-11H2,1H3,(H,24,29). The molecule has 4 rings (SSSR count). The second-order valence-corrected chi connectivity index (χ2v) is 6.42. The number of benzene rings is 2. The summed E-state index contributed by atoms with van der Waals surface area (Å²) >= 11 is 0. The van der Waals surface area contributed by atoms with E-state index in [1.807, 2.05) is 24.3 Å². The first-order chi connectivity index (χ1) is 15.0. The van der Waals surface area contributed by atoms with Crippen LogP contribution in [0, 0.1) is 11.6 Å². The molecule has 0 aliphatic heterocycles. The lowest BCUT2D eigenvalue weighted by atomic mass is 10.2. The van der Waals surface area contributed by atoms with E-state index in [1.165, 1.54) is 0 Å². The zero-order chi connectivity index (χ0) is 21.8. The number of ether oxygens (including phenoxy) is 2. The smallest absolute Gasteiger partial charge is 0.254 e. The Balaban J connectivity index is 1.40. The van der Waals surface area contributed by atoms with E-state index in [1.54, 1.807) is 23.8 Å². The minimum atomic E-state index is -0.927. The van der Waals surface area contributed by atoms with Crippen molar-refractivity contribution in [1.29, 1.82) is 0 Å². The highest BCUT2D eigenvalue weighted by Gasteiger charge is 2.13. The third-order valence-corrected chi connectivity index (χ3v) is 4.40. The average Bonchev–Trinajstić information content (AvgIpc) is 3.20. The number of methoxy groups -OCH3 is 1. The number of nitrogens with zero attached hydrogens (tertiary/aromatic N) is 4. The molecule has 2 aromatic heterocycles. The van der Waals surface area contributed by atoms with Crippen LogP contribution in [0.15, 0.2) is 54.6 Å². The number of fused-ring (bicyclic) bond motifs is 1. The van der Waals surface area contributed by atoms with Crippen LogP contribution in [0.4, 0.5) is 8.78 Å². The molecule has 0 atom stereocenters. The first-order valence-corrected chi connectivity index (χ1v) is 9.28. The topological polar surface area (TPSA) is 90.6 Å². The van der Waals surface area contributed by atoms with Gasteiger partial charge >= 0.3 is 0 Å². The van der Waals surface area contributed by atoms with E-state index in [0.717, 1.165) is 23.4 Å². The van der Waals surface area contributed by atoms with Crippen LogP contribution in [0.25, 0.3) is 17.0 Å². The molecule has 0 spiro atoms. The molecule has 31 heavy (non-hydrogen) atoms. The van der Waals surface area contributed by atoms with Crippen molar-refractivity contribution in [1.82, 2.24) is 25.1 Å². The molecule has 0 fully saturated rings. The highest BCUT2D eigenvalue weighted by molar-refractivity contribution is 5.94. The quantitative estimate of drug-likeness (QED) is 0.458. The number of carbonyl (C=O) groups excluding carboxylic acids is 1. The Labute approximate surface area is 175 Å². The molecular weight excluding hydrogens is 408 g/mol. The second-order valence-electron chi connectivity index (χ2n) is 6.42. The Kier molecular flexibility index (Phi) is 5.69. The van der Waals surface area contributed by atoms with Crippen molar-refractivity contribution >= 4 is 11.6 Å². The molecule has 0 saturated carbocycles. The van der Waals surface area contributed by atoms with Gasteiger partial charge in [0.2, 0.25) is 5.88 Å². The van der Waals surface area contributed by atoms with Crippen LogP contribution in [0.1, 0.15) is 10.4 Å². The fraction of sp³-hybridized carbons (Fsp3) is 0.143. The number of nitrogens with one attached hydrogen (secondary N) is 1. The van der Waals surface area contributed by atoms with Crippen molar-refractivity contribution in [2.45, 2.75) is 0 Å². The molecule has 2 heterocycles. The predicted molar refractivity (Wildman–Crippen MR) is 107 cm³/mol. The molecule has 0 saturated heterocycles. The van der Waals surface area contributed by atoms with E-state index < -0.39 is 17.5 Å². The normalized spacial score (nSPS) is 10.8. The van der Waals surface area contributed by atoms with E-state index in [9.17, 15) is 13.6 Å². The van der Waals surface area contributed by atoms with Gasteiger partial charge in [-0.3, -0.25) is 4.79 Å². The van der Waals surface area contributed by atoms with Crippen molar-refractivity contribution in [2.24, 2.45) is 0 Å². The van der Waals surface area contributed by atoms with Gasteiger partial charge in [0.05, 0.1) is 19.2 Å². The van der Waals surface area contributed by atoms with Gasteiger partial charge < -0.3 is 14.8 Å². The molecule has 2 aromatic carbocycles. The van der Waals surface area contributed by atoms with Crippen LogP contribution in [0.2, 0.25) is 0 Å². The lowest BCUT2D eigenvalue weighted by molar-refractivity contribution is 0.0942. The third kappa shape index (κ3) is 4.42. The summed E-state index contributed by atoms with van der Waals surface area (Å²) in [5.74, 6) is -0.791. The minimum Gasteiger partial charge on any atom is -0.497 e. The summed E-state index contributed by atoms with van der Waals surface area (Å²) in [5.41, 5.74) is 1.10. The van der Waals surface area contributed by atoms with Crippen LogP contribution in [-0.2, 0) is 0 Å². The first kappa shape index (κ1) is 20.2. The molecule has 0 aliphatic rings. The Hall–Kier alpha value is -4.08. The summed E-state index contributed by atoms with van der Waals surface area (Å²) in [6, 6.07) is 13.4. The number of aromatic nitrogens is 4. The molecular formula is C21H17F2N5O3. The summed E-state index contributed by atoms with van der Waals surface area (Å²) in [6.07, 6.45) is 0. The molecule has 1 N–H and O–H groups in total. The number of amides is 1. The highest BCUT2D eigenvalue weighted by atomic mass is 19.1. The minimum absolute atomic E-state index is 0.0903. The number of carbonyl (C=O) groups is 1. The van der Waals surface area contributed by atoms with E-state index in [2.05, 4.69) is 20.6 Å². The summed E-state index contributed by atoms with van der Waals surface area (Å²) in [4.78, 5) is 12.0. The maximum atomic E-state index is 13.6. The molecule has 10 heteroatoms. The SMILES string of the molecule is COc1ccc(-c2nnc3ccc(OCCNC(=O)c4ccc(F)cc4F)nn23)cc1. The summed E-state index contributed by atoms with van der Waals surface area (Å²) in [5, 5.41) is 15.1. The number of hydrogen-bond acceptors (Lipinski definition) is 6. The van der Waals surface area contributed by atoms with Gasteiger partial charge in [0, 0.05) is 17.7 Å². The van der Waals surface area contributed by atoms with Gasteiger partial charge in [-0.05, 0) is 42.5 Å². The Morgan fingerprint density at radius 1 is 1.06 bits per heavy atom. The number of halogens is 2. The van der Waals surface area contributed by atoms with E-state index >= 15 is 0 Å². The van der Waals surface area contributed by atoms with Gasteiger partial charge in [-0.15, -0.1) is 15.3 Å². The van der Waals surface area contributed by atoms with Crippen LogP contribution < -0.4 is 14.8 Å². The molecule has 8 nitrogen and oxygen atoms in total. The van der Waals surface area contributed by atoms with Gasteiger partial charge in [-0.25, -0.2) is 8.78 Å². The lowest BCUT2D eigenvalue weighted by Gasteiger charge is -2.08. The predicted octanol–water partition coefficient (Wildman–Crippen LogP) is 2.89. The Bertz CT molecular complexity index is 1230. The molecule has 0 bridgehead atoms. The zero-order valence-electron chi connectivity index (χ0n) is 16.4. The van der Waals surface area contributed by atoms with Gasteiger partial charge in [0.15, 0.2) is 11.5 Å². The molecule has 0 radical (unpaired) electrons. The second kappa shape index (κ2) is 8.74. The van der Waals surface area contributed by atoms with E-state index in [4.69, 9.17) is 9.47 Å². The van der Waals surface area contributed by atoms with Crippen LogP contribution >= 0.6 is 0 Å². The monoisotopic (exact) mass is 425 g/mol. The van der Waals surface area contributed by atoms with Crippen LogP contribution in [-0.4, -0.2) is 46.0 Å². The van der Waals surface area contributed by atoms with Gasteiger partial charge in [-0.1, -0.05) is 0 Å². The lowest BCUT2D eigenvalue weighted by Crippen LogP contribution is -2.29. The maximum absolute atomic E-state index is 13.6. The molecule has 4 aromatic rings. The van der Waals surface area contributed by atoms with Crippen molar-refractivity contribution < 1.29 is 23.0 Å². The maximum Gasteiger partial charge on any atom is 0.254 e. The Morgan fingerprint density at radius 2 is 1.87 bits per heavy atom. The van der Waals surface area contributed by atoms with Crippen molar-refractivity contribution in [3.05, 3.63) is 71.8 Å².